The van der Waals surface area contributed by atoms with Gasteiger partial charge in [-0.25, -0.2) is 14.4 Å². The number of ketones is 1. The number of carbonyl (C=O) groups is 5. The molecule has 5 aliphatic rings. The van der Waals surface area contributed by atoms with E-state index in [2.05, 4.69) is 5.32 Å². The first-order valence-electron chi connectivity index (χ1n) is 22.1. The largest absolute Gasteiger partial charge is 0.455 e. The number of benzene rings is 2. The van der Waals surface area contributed by atoms with E-state index in [0.717, 1.165) is 0 Å². The van der Waals surface area contributed by atoms with Crippen LogP contribution in [0.3, 0.4) is 0 Å². The number of Topliss-reactive ketones (excluding diaryl/α,β-unsaturated/α-hetero) is 1. The predicted molar refractivity (Wildman–Crippen MR) is 228 cm³/mol. The van der Waals surface area contributed by atoms with Crippen LogP contribution in [0.15, 0.2) is 71.8 Å². The van der Waals surface area contributed by atoms with Crippen LogP contribution in [0.2, 0.25) is 0 Å². The second-order valence-electron chi connectivity index (χ2n) is 19.5. The maximum atomic E-state index is 14.9. The number of nitrogens with one attached hydrogen (secondary N) is 1. The van der Waals surface area contributed by atoms with Crippen LogP contribution in [-0.2, 0) is 42.8 Å². The van der Waals surface area contributed by atoms with Gasteiger partial charge in [-0.3, -0.25) is 14.5 Å². The van der Waals surface area contributed by atoms with Crippen LogP contribution in [0.4, 0.5) is 4.79 Å². The van der Waals surface area contributed by atoms with Crippen LogP contribution < -0.4 is 5.32 Å². The van der Waals surface area contributed by atoms with Crippen molar-refractivity contribution in [3.63, 3.8) is 0 Å². The molecule has 0 aromatic heterocycles. The minimum atomic E-state index is -2.18. The zero-order valence-electron chi connectivity index (χ0n) is 37.6. The molecule has 3 aliphatic carbocycles. The highest BCUT2D eigenvalue weighted by Crippen LogP contribution is 2.62. The quantitative estimate of drug-likeness (QED) is 0.143. The molecule has 348 valence electrons. The summed E-state index contributed by atoms with van der Waals surface area (Å²) < 4.78 is 35.6. The lowest BCUT2D eigenvalue weighted by atomic mass is 9.46. The van der Waals surface area contributed by atoms with E-state index >= 15 is 0 Å². The molecule has 2 heterocycles. The van der Waals surface area contributed by atoms with Crippen LogP contribution in [0, 0.1) is 22.7 Å². The standard InChI is InChI=1S/C48H62N2O14/c1-27-32(61-43(56)39(62-34(52)18-19-50-20-22-59-23-21-50)37(28-14-10-8-11-15-28)49-44(57)64-45(2,3)4)25-48(58)41(63-42(55)29-16-12-9-13-17-29)36-30-26-60-31(30)24-33(51)47(36,7)40(54)38(53)35(27)46(48,5)6/h8-17,30-33,36-39,41,51,53,58H,18-26H2,1-7H3,(H,49,57)/t30-,31-,32+,33+,36?,37+,38-,39-,41+,47-,48-/m1/s1. The maximum absolute atomic E-state index is 14.9. The molecule has 1 amide bonds. The van der Waals surface area contributed by atoms with E-state index in [0.29, 0.717) is 38.4 Å². The molecule has 2 aliphatic heterocycles. The Balaban J connectivity index is 1.30. The van der Waals surface area contributed by atoms with Gasteiger partial charge in [0.05, 0.1) is 49.4 Å². The lowest BCUT2D eigenvalue weighted by Gasteiger charge is -2.64. The van der Waals surface area contributed by atoms with Crippen LogP contribution in [0.5, 0.6) is 0 Å². The summed E-state index contributed by atoms with van der Waals surface area (Å²) in [5.74, 6) is -4.95. The molecular formula is C48H62N2O14. The van der Waals surface area contributed by atoms with Gasteiger partial charge in [-0.15, -0.1) is 0 Å². The predicted octanol–water partition coefficient (Wildman–Crippen LogP) is 3.85. The molecule has 1 unspecified atom stereocenters. The van der Waals surface area contributed by atoms with Crippen LogP contribution in [0.1, 0.15) is 89.7 Å². The number of morpholine rings is 1. The number of ether oxygens (including phenoxy) is 6. The smallest absolute Gasteiger partial charge is 0.408 e. The summed E-state index contributed by atoms with van der Waals surface area (Å²) in [6.07, 6.45) is -9.85. The van der Waals surface area contributed by atoms with E-state index in [1.54, 1.807) is 102 Å². The van der Waals surface area contributed by atoms with E-state index < -0.39 is 113 Å². The average Bonchev–Trinajstić information content (AvgIpc) is 3.24. The molecule has 4 N–H and O–H groups in total. The van der Waals surface area contributed by atoms with E-state index in [1.807, 2.05) is 4.90 Å². The Kier molecular flexibility index (Phi) is 13.5. The zero-order valence-corrected chi connectivity index (χ0v) is 37.6. The van der Waals surface area contributed by atoms with Gasteiger partial charge in [0.2, 0.25) is 6.10 Å². The van der Waals surface area contributed by atoms with Crippen molar-refractivity contribution in [2.75, 3.05) is 39.5 Å². The van der Waals surface area contributed by atoms with Crippen molar-refractivity contribution in [1.82, 2.24) is 10.2 Å². The number of esters is 3. The summed E-state index contributed by atoms with van der Waals surface area (Å²) in [6.45, 7) is 14.1. The lowest BCUT2D eigenvalue weighted by molar-refractivity contribution is -0.277. The number of hydrogen-bond donors (Lipinski definition) is 4. The SMILES string of the molecule is CC1=C2[C@@H](O)C(=O)[C@@]3(C)C([C@@H]4CO[C@@H]4C[C@@H]3O)[C@H](OC(=O)c3ccccc3)[C@](O)(C[C@@H]1OC(=O)[C@H](OC(=O)CCN1CCOCC1)[C@@H](NC(=O)OC(C)(C)C)c1ccccc1)C2(C)C. The Bertz CT molecular complexity index is 2100. The first kappa shape index (κ1) is 47.3. The maximum Gasteiger partial charge on any atom is 0.408 e. The van der Waals surface area contributed by atoms with Gasteiger partial charge in [-0.2, -0.15) is 0 Å². The van der Waals surface area contributed by atoms with Crippen molar-refractivity contribution in [2.45, 2.75) is 122 Å². The highest BCUT2D eigenvalue weighted by Gasteiger charge is 2.72. The second-order valence-corrected chi connectivity index (χ2v) is 19.5. The van der Waals surface area contributed by atoms with Crippen LogP contribution in [0.25, 0.3) is 0 Å². The van der Waals surface area contributed by atoms with Crippen molar-refractivity contribution in [2.24, 2.45) is 22.7 Å². The molecule has 16 heteroatoms. The molecule has 2 saturated carbocycles. The fraction of sp³-hybridized carbons (Fsp3) is 0.604. The topological polar surface area (TPSA) is 217 Å². The van der Waals surface area contributed by atoms with Gasteiger partial charge in [-0.05, 0) is 63.5 Å². The molecule has 64 heavy (non-hydrogen) atoms. The average molecular weight is 891 g/mol. The molecule has 2 saturated heterocycles. The summed E-state index contributed by atoms with van der Waals surface area (Å²) in [5, 5.41) is 40.3. The van der Waals surface area contributed by atoms with Gasteiger partial charge >= 0.3 is 24.0 Å². The molecular weight excluding hydrogens is 829 g/mol. The molecule has 4 fully saturated rings. The number of hydrogen-bond acceptors (Lipinski definition) is 15. The highest BCUT2D eigenvalue weighted by molar-refractivity contribution is 5.94. The van der Waals surface area contributed by atoms with E-state index in [-0.39, 0.29) is 36.2 Å². The van der Waals surface area contributed by atoms with Crippen molar-refractivity contribution in [1.29, 1.82) is 0 Å². The minimum Gasteiger partial charge on any atom is -0.455 e. The number of amides is 1. The Morgan fingerprint density at radius 1 is 0.953 bits per heavy atom. The summed E-state index contributed by atoms with van der Waals surface area (Å²) >= 11 is 0. The second kappa shape index (κ2) is 18.3. The lowest BCUT2D eigenvalue weighted by Crippen LogP contribution is -2.75. The van der Waals surface area contributed by atoms with Crippen molar-refractivity contribution in [3.05, 3.63) is 82.9 Å². The summed E-state index contributed by atoms with van der Waals surface area (Å²) in [6, 6.07) is 15.2. The minimum absolute atomic E-state index is 0.0224. The fourth-order valence-corrected chi connectivity index (χ4v) is 10.5. The van der Waals surface area contributed by atoms with Crippen LogP contribution >= 0.6 is 0 Å². The number of aliphatic hydroxyl groups is 3. The Hall–Kier alpha value is -4.71. The number of fused-ring (bicyclic) bond motifs is 5. The number of nitrogens with zero attached hydrogens (tertiary/aromatic N) is 1. The molecule has 7 rings (SSSR count). The number of alkyl carbamates (subject to hydrolysis) is 1. The summed E-state index contributed by atoms with van der Waals surface area (Å²) in [7, 11) is 0. The highest BCUT2D eigenvalue weighted by atomic mass is 16.6. The number of rotatable bonds is 11. The van der Waals surface area contributed by atoms with Gasteiger partial charge in [0.25, 0.3) is 0 Å². The summed E-state index contributed by atoms with van der Waals surface area (Å²) in [5.41, 5.74) is -5.56. The first-order chi connectivity index (χ1) is 30.2. The molecule has 16 nitrogen and oxygen atoms in total. The molecule has 0 spiro atoms. The van der Waals surface area contributed by atoms with Gasteiger partial charge in [0.1, 0.15) is 35.6 Å². The fourth-order valence-electron chi connectivity index (χ4n) is 10.5. The van der Waals surface area contributed by atoms with E-state index in [1.165, 1.54) is 6.92 Å². The van der Waals surface area contributed by atoms with Crippen LogP contribution in [-0.4, -0.2) is 137 Å². The molecule has 11 atom stereocenters. The molecule has 0 radical (unpaired) electrons. The third kappa shape index (κ3) is 8.97. The molecule has 2 bridgehead atoms. The number of carbonyl (C=O) groups excluding carboxylic acids is 5. The Morgan fingerprint density at radius 3 is 2.20 bits per heavy atom. The van der Waals surface area contributed by atoms with Gasteiger partial charge < -0.3 is 49.1 Å². The normalized spacial score (nSPS) is 32.2. The summed E-state index contributed by atoms with van der Waals surface area (Å²) in [4.78, 5) is 73.2. The third-order valence-corrected chi connectivity index (χ3v) is 14.2. The Morgan fingerprint density at radius 2 is 1.59 bits per heavy atom. The first-order valence-corrected chi connectivity index (χ1v) is 22.1. The Labute approximate surface area is 373 Å². The molecule has 2 aromatic carbocycles. The van der Waals surface area contributed by atoms with Crippen molar-refractivity contribution >= 4 is 29.8 Å². The number of aliphatic hydroxyl groups excluding tert-OH is 2. The van der Waals surface area contributed by atoms with Crippen molar-refractivity contribution < 1.29 is 67.7 Å². The van der Waals surface area contributed by atoms with Crippen molar-refractivity contribution in [3.8, 4) is 0 Å². The molecule has 2 aromatic rings. The van der Waals surface area contributed by atoms with E-state index in [9.17, 15) is 39.3 Å². The van der Waals surface area contributed by atoms with E-state index in [4.69, 9.17) is 28.4 Å². The third-order valence-electron chi connectivity index (χ3n) is 14.2. The zero-order chi connectivity index (χ0) is 46.4. The van der Waals surface area contributed by atoms with Gasteiger partial charge in [-0.1, -0.05) is 62.4 Å². The monoisotopic (exact) mass is 890 g/mol. The van der Waals surface area contributed by atoms with Gasteiger partial charge in [0.15, 0.2) is 5.78 Å². The van der Waals surface area contributed by atoms with Gasteiger partial charge in [0, 0.05) is 49.7 Å².